The molecule has 2 aromatic rings. The van der Waals surface area contributed by atoms with Gasteiger partial charge in [-0.05, 0) is 40.8 Å². The Kier molecular flexibility index (Phi) is 7.30. The molecule has 14 heteroatoms. The second-order valence-electron chi connectivity index (χ2n) is 11.9. The first-order valence-electron chi connectivity index (χ1n) is 14.7. The van der Waals surface area contributed by atoms with Gasteiger partial charge in [-0.15, -0.1) is 11.3 Å². The van der Waals surface area contributed by atoms with E-state index in [1.807, 2.05) is 17.5 Å². The number of cyclic esters (lactones) is 1. The number of ether oxygens (including phenoxy) is 8. The average molecular weight is 643 g/mol. The third kappa shape index (κ3) is 4.74. The molecule has 13 nitrogen and oxygen atoms in total. The number of aliphatic hydroxyl groups is 2. The third-order valence-electron chi connectivity index (χ3n) is 9.43. The smallest absolute Gasteiger partial charge is 0.310 e. The molecule has 4 aliphatic heterocycles. The highest BCUT2D eigenvalue weighted by molar-refractivity contribution is 7.10. The topological polar surface area (TPSA) is 166 Å². The molecule has 1 aromatic carbocycles. The van der Waals surface area contributed by atoms with Crippen LogP contribution in [0.15, 0.2) is 41.3 Å². The molecule has 0 radical (unpaired) electrons. The molecular formula is C31H30O13S. The molecule has 0 bridgehead atoms. The van der Waals surface area contributed by atoms with E-state index < -0.39 is 84.5 Å². The first-order valence-corrected chi connectivity index (χ1v) is 15.6. The quantitative estimate of drug-likeness (QED) is 0.274. The van der Waals surface area contributed by atoms with E-state index in [0.717, 1.165) is 4.88 Å². The highest BCUT2D eigenvalue weighted by Crippen LogP contribution is 2.56. The van der Waals surface area contributed by atoms with Gasteiger partial charge in [0.25, 0.3) is 0 Å². The maximum absolute atomic E-state index is 13.4. The summed E-state index contributed by atoms with van der Waals surface area (Å²) in [6.07, 6.45) is -6.96. The van der Waals surface area contributed by atoms with E-state index >= 15 is 0 Å². The molecule has 0 spiro atoms. The molecule has 238 valence electrons. The van der Waals surface area contributed by atoms with Gasteiger partial charge in [0.15, 0.2) is 24.1 Å². The van der Waals surface area contributed by atoms with Gasteiger partial charge in [-0.25, -0.2) is 0 Å². The number of benzene rings is 1. The van der Waals surface area contributed by atoms with Gasteiger partial charge in [-0.3, -0.25) is 14.4 Å². The van der Waals surface area contributed by atoms with Gasteiger partial charge in [-0.1, -0.05) is 11.6 Å². The summed E-state index contributed by atoms with van der Waals surface area (Å²) in [6.45, 7) is 0.0869. The molecule has 1 aromatic heterocycles. The summed E-state index contributed by atoms with van der Waals surface area (Å²) in [4.78, 5) is 39.4. The standard InChI is InChI=1S/C31H30O13S/c1-37-19-6-12(5-16(32)24(19)33)22-13-7-17-18(41-11-40-17)8-14(13)27(15-9-38-29(36)23(15)22)43-31-26(35)25(34)28-20(42-31)10-39-30(44-28)21-3-2-4-45-21/h2-4,6-8,15,19-20,22-23,25-28,30-31,34-35H,5,9-11H2,1H3/t15-,19?,20+,22+,23-,25+,26+,27+,28+,30+,31-/m0/s1. The van der Waals surface area contributed by atoms with Crippen molar-refractivity contribution in [3.8, 4) is 11.5 Å². The van der Waals surface area contributed by atoms with Crippen LogP contribution in [0, 0.1) is 11.8 Å². The number of hydrogen-bond donors (Lipinski definition) is 2. The Hall–Kier alpha value is -3.21. The van der Waals surface area contributed by atoms with Gasteiger partial charge in [0.05, 0.1) is 30.1 Å². The maximum Gasteiger partial charge on any atom is 0.310 e. The molecule has 3 saturated heterocycles. The molecular weight excluding hydrogens is 612 g/mol. The van der Waals surface area contributed by atoms with Crippen molar-refractivity contribution in [1.29, 1.82) is 0 Å². The lowest BCUT2D eigenvalue weighted by atomic mass is 9.64. The summed E-state index contributed by atoms with van der Waals surface area (Å²) in [5.74, 6) is -2.84. The number of carbonyl (C=O) groups is 3. The second-order valence-corrected chi connectivity index (χ2v) is 12.8. The number of carbonyl (C=O) groups excluding carboxylic acids is 3. The minimum absolute atomic E-state index is 0.00144. The Labute approximate surface area is 260 Å². The molecule has 2 N–H and O–H groups in total. The molecule has 3 fully saturated rings. The highest BCUT2D eigenvalue weighted by atomic mass is 32.1. The van der Waals surface area contributed by atoms with E-state index in [1.54, 1.807) is 18.2 Å². The maximum atomic E-state index is 13.4. The van der Waals surface area contributed by atoms with Crippen molar-refractivity contribution in [2.24, 2.45) is 11.8 Å². The van der Waals surface area contributed by atoms with Crippen molar-refractivity contribution < 1.29 is 62.5 Å². The number of ketones is 2. The molecule has 8 rings (SSSR count). The zero-order chi connectivity index (χ0) is 31.0. The number of aliphatic hydroxyl groups excluding tert-OH is 2. The number of rotatable bonds is 5. The van der Waals surface area contributed by atoms with Crippen molar-refractivity contribution in [3.05, 3.63) is 57.3 Å². The molecule has 5 heterocycles. The Bertz CT molecular complexity index is 1550. The number of fused-ring (bicyclic) bond motifs is 4. The van der Waals surface area contributed by atoms with Gasteiger partial charge in [0.2, 0.25) is 18.4 Å². The summed E-state index contributed by atoms with van der Waals surface area (Å²) < 4.78 is 46.7. The van der Waals surface area contributed by atoms with Crippen LogP contribution < -0.4 is 9.47 Å². The van der Waals surface area contributed by atoms with Crippen molar-refractivity contribution in [1.82, 2.24) is 0 Å². The summed E-state index contributed by atoms with van der Waals surface area (Å²) >= 11 is 1.45. The SMILES string of the molecule is COC1C=C([C@@H]2c3cc4c(cc3[C@@H](O[C@@H]3O[C@@H]5CO[C@@H](c6cccs6)O[C@H]5[C@H](O)[C@H]3O)[C@H]3COC(=O)[C@@H]32)OCO4)CC(=O)C1=O. The average Bonchev–Trinajstić information content (AvgIpc) is 3.82. The van der Waals surface area contributed by atoms with Crippen LogP contribution in [0.4, 0.5) is 0 Å². The van der Waals surface area contributed by atoms with E-state index in [2.05, 4.69) is 0 Å². The van der Waals surface area contributed by atoms with E-state index in [9.17, 15) is 24.6 Å². The van der Waals surface area contributed by atoms with E-state index in [-0.39, 0.29) is 26.4 Å². The lowest BCUT2D eigenvalue weighted by Gasteiger charge is -2.48. The van der Waals surface area contributed by atoms with Crippen molar-refractivity contribution >= 4 is 28.9 Å². The van der Waals surface area contributed by atoms with Crippen molar-refractivity contribution in [3.63, 3.8) is 0 Å². The normalized spacial score (nSPS) is 38.7. The third-order valence-corrected chi connectivity index (χ3v) is 10.3. The van der Waals surface area contributed by atoms with Crippen LogP contribution >= 0.6 is 11.3 Å². The zero-order valence-electron chi connectivity index (χ0n) is 23.9. The fourth-order valence-corrected chi connectivity index (χ4v) is 7.99. The van der Waals surface area contributed by atoms with Gasteiger partial charge >= 0.3 is 5.97 Å². The van der Waals surface area contributed by atoms with Gasteiger partial charge in [0.1, 0.15) is 30.5 Å². The monoisotopic (exact) mass is 642 g/mol. The van der Waals surface area contributed by atoms with Crippen molar-refractivity contribution in [2.75, 3.05) is 27.1 Å². The number of allylic oxidation sites excluding steroid dienone is 1. The molecule has 11 atom stereocenters. The Balaban J connectivity index is 1.14. The zero-order valence-corrected chi connectivity index (χ0v) is 24.8. The van der Waals surface area contributed by atoms with Crippen molar-refractivity contribution in [2.45, 2.75) is 61.5 Å². The fourth-order valence-electron chi connectivity index (χ4n) is 7.28. The molecule has 1 unspecified atom stereocenters. The van der Waals surface area contributed by atoms with E-state index in [1.165, 1.54) is 18.4 Å². The summed E-state index contributed by atoms with van der Waals surface area (Å²) in [5.41, 5.74) is 1.80. The second kappa shape index (κ2) is 11.2. The van der Waals surface area contributed by atoms with Crippen LogP contribution in [0.1, 0.15) is 40.7 Å². The Morgan fingerprint density at radius 2 is 1.78 bits per heavy atom. The van der Waals surface area contributed by atoms with E-state index in [4.69, 9.17) is 37.9 Å². The number of hydrogen-bond acceptors (Lipinski definition) is 14. The number of methoxy groups -OCH3 is 1. The molecule has 45 heavy (non-hydrogen) atoms. The molecule has 0 amide bonds. The summed E-state index contributed by atoms with van der Waals surface area (Å²) in [5, 5.41) is 24.3. The summed E-state index contributed by atoms with van der Waals surface area (Å²) in [7, 11) is 1.35. The van der Waals surface area contributed by atoms with Gasteiger partial charge in [-0.2, -0.15) is 0 Å². The van der Waals surface area contributed by atoms with Crippen LogP contribution in [0.2, 0.25) is 0 Å². The fraction of sp³-hybridized carbons (Fsp3) is 0.516. The highest BCUT2D eigenvalue weighted by Gasteiger charge is 2.57. The largest absolute Gasteiger partial charge is 0.465 e. The number of thiophene rings is 1. The predicted molar refractivity (Wildman–Crippen MR) is 149 cm³/mol. The Morgan fingerprint density at radius 1 is 0.978 bits per heavy atom. The van der Waals surface area contributed by atoms with Crippen LogP contribution in [0.25, 0.3) is 0 Å². The molecule has 2 aliphatic carbocycles. The lowest BCUT2D eigenvalue weighted by Crippen LogP contribution is -2.62. The van der Waals surface area contributed by atoms with E-state index in [0.29, 0.717) is 28.2 Å². The minimum Gasteiger partial charge on any atom is -0.465 e. The first-order chi connectivity index (χ1) is 21.8. The first kappa shape index (κ1) is 29.2. The molecule has 6 aliphatic rings. The van der Waals surface area contributed by atoms with Crippen LogP contribution in [0.5, 0.6) is 11.5 Å². The van der Waals surface area contributed by atoms with Crippen LogP contribution in [-0.4, -0.2) is 91.7 Å². The minimum atomic E-state index is -1.49. The number of Topliss-reactive ketones (excluding diaryl/α,β-unsaturated/α-hetero) is 2. The number of esters is 1. The van der Waals surface area contributed by atoms with Crippen LogP contribution in [-0.2, 0) is 42.8 Å². The van der Waals surface area contributed by atoms with Gasteiger partial charge < -0.3 is 48.1 Å². The summed E-state index contributed by atoms with van der Waals surface area (Å²) in [6, 6.07) is 7.24. The van der Waals surface area contributed by atoms with Crippen LogP contribution in [0.3, 0.4) is 0 Å². The van der Waals surface area contributed by atoms with Gasteiger partial charge in [0, 0.05) is 25.4 Å². The molecule has 0 saturated carbocycles. The predicted octanol–water partition coefficient (Wildman–Crippen LogP) is 1.47. The lowest BCUT2D eigenvalue weighted by molar-refractivity contribution is -0.368. The Morgan fingerprint density at radius 3 is 2.53 bits per heavy atom.